The molecule has 5 rings (SSSR count). The maximum Gasteiger partial charge on any atom is 0.257 e. The highest BCUT2D eigenvalue weighted by Crippen LogP contribution is 2.31. The fourth-order valence-electron chi connectivity index (χ4n) is 5.81. The SMILES string of the molecule is COCCN1CCC(Oc2ccc3c(c2)O[C@H](C)CN(CC(O)CN2CCc4ccccc4C2)C3=O)CC1. The van der Waals surface area contributed by atoms with Crippen LogP contribution in [0.1, 0.15) is 41.3 Å². The van der Waals surface area contributed by atoms with Crippen molar-refractivity contribution in [1.29, 1.82) is 0 Å². The first-order valence-corrected chi connectivity index (χ1v) is 13.9. The van der Waals surface area contributed by atoms with E-state index < -0.39 is 6.10 Å². The van der Waals surface area contributed by atoms with Crippen LogP contribution in [0.15, 0.2) is 42.5 Å². The molecule has 2 aromatic rings. The van der Waals surface area contributed by atoms with Crippen molar-refractivity contribution in [3.05, 3.63) is 59.2 Å². The summed E-state index contributed by atoms with van der Waals surface area (Å²) in [5, 5.41) is 10.9. The van der Waals surface area contributed by atoms with Gasteiger partial charge in [0.25, 0.3) is 5.91 Å². The van der Waals surface area contributed by atoms with E-state index in [-0.39, 0.29) is 24.7 Å². The first-order valence-electron chi connectivity index (χ1n) is 13.9. The molecule has 1 amide bonds. The van der Waals surface area contributed by atoms with E-state index in [1.54, 1.807) is 18.1 Å². The largest absolute Gasteiger partial charge is 0.490 e. The number of hydrogen-bond donors (Lipinski definition) is 1. The number of aliphatic hydroxyl groups is 1. The van der Waals surface area contributed by atoms with Crippen molar-refractivity contribution in [2.24, 2.45) is 0 Å². The lowest BCUT2D eigenvalue weighted by molar-refractivity contribution is 0.0454. The Labute approximate surface area is 226 Å². The van der Waals surface area contributed by atoms with Crippen molar-refractivity contribution in [3.8, 4) is 11.5 Å². The molecule has 0 aromatic heterocycles. The Morgan fingerprint density at radius 3 is 2.63 bits per heavy atom. The van der Waals surface area contributed by atoms with Gasteiger partial charge in [-0.2, -0.15) is 0 Å². The molecule has 3 heterocycles. The van der Waals surface area contributed by atoms with Crippen LogP contribution in [0.25, 0.3) is 0 Å². The van der Waals surface area contributed by atoms with Crippen LogP contribution in [0, 0.1) is 0 Å². The normalized spacial score (nSPS) is 21.8. The Morgan fingerprint density at radius 1 is 1.05 bits per heavy atom. The number of methoxy groups -OCH3 is 1. The molecule has 0 saturated carbocycles. The fraction of sp³-hybridized carbons (Fsp3) is 0.567. The molecule has 2 aromatic carbocycles. The van der Waals surface area contributed by atoms with Crippen LogP contribution < -0.4 is 9.47 Å². The molecule has 8 nitrogen and oxygen atoms in total. The van der Waals surface area contributed by atoms with Crippen LogP contribution in [0.2, 0.25) is 0 Å². The number of piperidine rings is 1. The number of β-amino-alcohol motifs (C(OH)–C–C–N with tert-alkyl or cyclic N) is 1. The summed E-state index contributed by atoms with van der Waals surface area (Å²) in [6, 6.07) is 14.0. The average Bonchev–Trinajstić information content (AvgIpc) is 3.03. The average molecular weight is 524 g/mol. The van der Waals surface area contributed by atoms with Gasteiger partial charge in [-0.15, -0.1) is 0 Å². The van der Waals surface area contributed by atoms with Gasteiger partial charge in [0.2, 0.25) is 0 Å². The molecule has 3 aliphatic heterocycles. The van der Waals surface area contributed by atoms with Crippen LogP contribution >= 0.6 is 0 Å². The Kier molecular flexibility index (Phi) is 8.84. The highest BCUT2D eigenvalue weighted by atomic mass is 16.5. The lowest BCUT2D eigenvalue weighted by Crippen LogP contribution is -2.45. The number of nitrogens with zero attached hydrogens (tertiary/aromatic N) is 3. The maximum atomic E-state index is 13.5. The zero-order chi connectivity index (χ0) is 26.5. The van der Waals surface area contributed by atoms with Gasteiger partial charge in [0.1, 0.15) is 23.7 Å². The van der Waals surface area contributed by atoms with Gasteiger partial charge in [-0.3, -0.25) is 9.69 Å². The summed E-state index contributed by atoms with van der Waals surface area (Å²) in [7, 11) is 1.73. The number of likely N-dealkylation sites (tertiary alicyclic amines) is 1. The first-order chi connectivity index (χ1) is 18.5. The van der Waals surface area contributed by atoms with Crippen molar-refractivity contribution in [3.63, 3.8) is 0 Å². The molecule has 0 aliphatic carbocycles. The second-order valence-corrected chi connectivity index (χ2v) is 10.9. The van der Waals surface area contributed by atoms with E-state index in [0.29, 0.717) is 24.4 Å². The molecule has 2 atom stereocenters. The van der Waals surface area contributed by atoms with Gasteiger partial charge < -0.3 is 29.1 Å². The summed E-state index contributed by atoms with van der Waals surface area (Å²) in [4.78, 5) is 19.9. The third kappa shape index (κ3) is 6.67. The minimum atomic E-state index is -0.629. The molecule has 206 valence electrons. The van der Waals surface area contributed by atoms with Gasteiger partial charge in [-0.25, -0.2) is 0 Å². The predicted molar refractivity (Wildman–Crippen MR) is 146 cm³/mol. The van der Waals surface area contributed by atoms with Crippen LogP contribution in [-0.2, 0) is 17.7 Å². The Bertz CT molecular complexity index is 1090. The van der Waals surface area contributed by atoms with E-state index in [1.165, 1.54) is 11.1 Å². The van der Waals surface area contributed by atoms with Gasteiger partial charge >= 0.3 is 0 Å². The van der Waals surface area contributed by atoms with Crippen LogP contribution in [0.5, 0.6) is 11.5 Å². The van der Waals surface area contributed by atoms with E-state index in [4.69, 9.17) is 14.2 Å². The van der Waals surface area contributed by atoms with Crippen LogP contribution in [0.4, 0.5) is 0 Å². The summed E-state index contributed by atoms with van der Waals surface area (Å²) in [6.45, 7) is 8.65. The quantitative estimate of drug-likeness (QED) is 0.542. The predicted octanol–water partition coefficient (Wildman–Crippen LogP) is 2.82. The summed E-state index contributed by atoms with van der Waals surface area (Å²) < 4.78 is 17.6. The van der Waals surface area contributed by atoms with Crippen LogP contribution in [0.3, 0.4) is 0 Å². The van der Waals surface area contributed by atoms with E-state index in [0.717, 1.165) is 64.3 Å². The molecule has 1 saturated heterocycles. The Balaban J connectivity index is 1.17. The summed E-state index contributed by atoms with van der Waals surface area (Å²) in [6.07, 6.45) is 2.25. The molecule has 1 fully saturated rings. The second-order valence-electron chi connectivity index (χ2n) is 10.9. The third-order valence-electron chi connectivity index (χ3n) is 7.84. The zero-order valence-electron chi connectivity index (χ0n) is 22.7. The van der Waals surface area contributed by atoms with Crippen molar-refractivity contribution >= 4 is 5.91 Å². The number of carbonyl (C=O) groups is 1. The number of carbonyl (C=O) groups excluding carboxylic acids is 1. The number of amides is 1. The topological polar surface area (TPSA) is 74.7 Å². The zero-order valence-corrected chi connectivity index (χ0v) is 22.7. The number of fused-ring (bicyclic) bond motifs is 2. The van der Waals surface area contributed by atoms with Crippen LogP contribution in [-0.4, -0.2) is 104 Å². The smallest absolute Gasteiger partial charge is 0.257 e. The van der Waals surface area contributed by atoms with Gasteiger partial charge in [0.15, 0.2) is 0 Å². The highest BCUT2D eigenvalue weighted by molar-refractivity contribution is 5.97. The van der Waals surface area contributed by atoms with E-state index >= 15 is 0 Å². The molecule has 8 heteroatoms. The molecular weight excluding hydrogens is 482 g/mol. The lowest BCUT2D eigenvalue weighted by Gasteiger charge is -2.32. The summed E-state index contributed by atoms with van der Waals surface area (Å²) in [5.41, 5.74) is 3.23. The number of hydrogen-bond acceptors (Lipinski definition) is 7. The molecule has 3 aliphatic rings. The maximum absolute atomic E-state index is 13.5. The van der Waals surface area contributed by atoms with Gasteiger partial charge in [-0.1, -0.05) is 24.3 Å². The summed E-state index contributed by atoms with van der Waals surface area (Å²) >= 11 is 0. The molecule has 1 N–H and O–H groups in total. The minimum Gasteiger partial charge on any atom is -0.490 e. The van der Waals surface area contributed by atoms with Gasteiger partial charge in [0.05, 0.1) is 24.8 Å². The first kappa shape index (κ1) is 26.9. The molecule has 0 bridgehead atoms. The molecule has 0 radical (unpaired) electrons. The Morgan fingerprint density at radius 2 is 1.84 bits per heavy atom. The lowest BCUT2D eigenvalue weighted by atomic mass is 10.00. The monoisotopic (exact) mass is 523 g/mol. The summed E-state index contributed by atoms with van der Waals surface area (Å²) in [5.74, 6) is 1.19. The Hall–Kier alpha value is -2.65. The van der Waals surface area contributed by atoms with E-state index in [9.17, 15) is 9.90 Å². The van der Waals surface area contributed by atoms with Gasteiger partial charge in [-0.05, 0) is 49.4 Å². The van der Waals surface area contributed by atoms with Crippen molar-refractivity contribution in [2.45, 2.75) is 51.0 Å². The number of ether oxygens (including phenoxy) is 3. The van der Waals surface area contributed by atoms with E-state index in [2.05, 4.69) is 34.1 Å². The van der Waals surface area contributed by atoms with E-state index in [1.807, 2.05) is 19.1 Å². The molecule has 1 unspecified atom stereocenters. The number of rotatable bonds is 9. The van der Waals surface area contributed by atoms with Crippen molar-refractivity contribution < 1.29 is 24.1 Å². The highest BCUT2D eigenvalue weighted by Gasteiger charge is 2.30. The van der Waals surface area contributed by atoms with Crippen molar-refractivity contribution in [1.82, 2.24) is 14.7 Å². The van der Waals surface area contributed by atoms with Crippen molar-refractivity contribution in [2.75, 3.05) is 59.5 Å². The fourth-order valence-corrected chi connectivity index (χ4v) is 5.81. The number of aliphatic hydroxyl groups excluding tert-OH is 1. The van der Waals surface area contributed by atoms with Gasteiger partial charge in [0, 0.05) is 59.0 Å². The number of benzene rings is 2. The molecule has 0 spiro atoms. The molecule has 38 heavy (non-hydrogen) atoms. The minimum absolute atomic E-state index is 0.106. The molecular formula is C30H41N3O5. The standard InChI is InChI=1S/C30H41N3O5/c1-22-18-33(21-25(34)20-32-12-9-23-5-3-4-6-24(23)19-32)30(35)28-8-7-27(17-29(28)37-22)38-26-10-13-31(14-11-26)15-16-36-2/h3-8,17,22,25-26,34H,9-16,18-21H2,1-2H3/t22-,25?/m1/s1. The second kappa shape index (κ2) is 12.5. The third-order valence-corrected chi connectivity index (χ3v) is 7.84.